The number of methoxy groups -OCH3 is 1. The van der Waals surface area contributed by atoms with Crippen LogP contribution in [0.25, 0.3) is 0 Å². The summed E-state index contributed by atoms with van der Waals surface area (Å²) in [7, 11) is -1.87. The van der Waals surface area contributed by atoms with Gasteiger partial charge in [0.25, 0.3) is 16.1 Å². The van der Waals surface area contributed by atoms with E-state index < -0.39 is 10.2 Å². The second kappa shape index (κ2) is 8.16. The minimum atomic E-state index is -3.45. The number of hydrogen-bond donors (Lipinski definition) is 0. The van der Waals surface area contributed by atoms with Crippen LogP contribution < -0.4 is 4.74 Å². The molecule has 1 aromatic rings. The van der Waals surface area contributed by atoms with E-state index in [0.29, 0.717) is 50.6 Å². The van der Waals surface area contributed by atoms with Gasteiger partial charge in [-0.15, -0.1) is 0 Å². The fraction of sp³-hybridized carbons (Fsp3) is 0.588. The van der Waals surface area contributed by atoms with Crippen LogP contribution in [0.15, 0.2) is 18.2 Å². The number of amides is 1. The zero-order valence-electron chi connectivity index (χ0n) is 15.4. The van der Waals surface area contributed by atoms with Gasteiger partial charge >= 0.3 is 0 Å². The number of carbonyl (C=O) groups excluding carboxylic acids is 1. The number of rotatable bonds is 6. The van der Waals surface area contributed by atoms with Gasteiger partial charge in [-0.2, -0.15) is 17.0 Å². The molecule has 0 aromatic heterocycles. The highest BCUT2D eigenvalue weighted by Crippen LogP contribution is 2.21. The second-order valence-corrected chi connectivity index (χ2v) is 7.90. The first kappa shape index (κ1) is 19.7. The summed E-state index contributed by atoms with van der Waals surface area (Å²) in [6.07, 6.45) is 0. The van der Waals surface area contributed by atoms with Gasteiger partial charge in [-0.25, -0.2) is 0 Å². The van der Waals surface area contributed by atoms with Crippen molar-refractivity contribution in [3.63, 3.8) is 0 Å². The van der Waals surface area contributed by atoms with Crippen LogP contribution in [0.3, 0.4) is 0 Å². The fourth-order valence-corrected chi connectivity index (χ4v) is 4.57. The normalized spacial score (nSPS) is 16.3. The Hall–Kier alpha value is -1.64. The molecule has 25 heavy (non-hydrogen) atoms. The lowest BCUT2D eigenvalue weighted by molar-refractivity contribution is 0.0694. The molecular formula is C17H27N3O4S. The van der Waals surface area contributed by atoms with Gasteiger partial charge in [0.1, 0.15) is 5.75 Å². The molecule has 0 spiro atoms. The van der Waals surface area contributed by atoms with Crippen LogP contribution in [0.5, 0.6) is 5.75 Å². The molecule has 1 heterocycles. The van der Waals surface area contributed by atoms with Crippen molar-refractivity contribution in [2.75, 3.05) is 46.4 Å². The van der Waals surface area contributed by atoms with Gasteiger partial charge in [0.15, 0.2) is 0 Å². The average Bonchev–Trinajstić information content (AvgIpc) is 2.62. The lowest BCUT2D eigenvalue weighted by Crippen LogP contribution is -2.54. The van der Waals surface area contributed by atoms with Gasteiger partial charge in [0.05, 0.1) is 7.11 Å². The van der Waals surface area contributed by atoms with E-state index in [-0.39, 0.29) is 5.91 Å². The van der Waals surface area contributed by atoms with Crippen LogP contribution in [0.1, 0.15) is 29.8 Å². The van der Waals surface area contributed by atoms with Gasteiger partial charge in [-0.3, -0.25) is 4.79 Å². The van der Waals surface area contributed by atoms with Gasteiger partial charge in [0.2, 0.25) is 0 Å². The Labute approximate surface area is 150 Å². The van der Waals surface area contributed by atoms with Crippen molar-refractivity contribution in [1.82, 2.24) is 13.5 Å². The van der Waals surface area contributed by atoms with Gasteiger partial charge < -0.3 is 9.64 Å². The molecule has 140 valence electrons. The summed E-state index contributed by atoms with van der Waals surface area (Å²) in [5, 5.41) is 0. The molecule has 8 heteroatoms. The molecule has 1 aliphatic rings. The molecule has 0 atom stereocenters. The Kier molecular flexibility index (Phi) is 6.42. The summed E-state index contributed by atoms with van der Waals surface area (Å²) >= 11 is 0. The molecule has 0 saturated carbocycles. The Balaban J connectivity index is 2.06. The Morgan fingerprint density at radius 1 is 1.16 bits per heavy atom. The van der Waals surface area contributed by atoms with E-state index in [1.54, 1.807) is 24.1 Å². The Morgan fingerprint density at radius 2 is 1.76 bits per heavy atom. The third kappa shape index (κ3) is 4.13. The molecule has 0 aliphatic carbocycles. The van der Waals surface area contributed by atoms with Crippen molar-refractivity contribution in [1.29, 1.82) is 0 Å². The summed E-state index contributed by atoms with van der Waals surface area (Å²) in [5.74, 6) is 0.576. The SMILES string of the molecule is CCN(CC)S(=O)(=O)N1CCN(C(=O)c2ccc(C)c(OC)c2)CC1. The number of piperazine rings is 1. The van der Waals surface area contributed by atoms with E-state index in [1.165, 1.54) is 8.61 Å². The number of carbonyl (C=O) groups is 1. The average molecular weight is 369 g/mol. The van der Waals surface area contributed by atoms with Crippen molar-refractivity contribution in [2.45, 2.75) is 20.8 Å². The summed E-state index contributed by atoms with van der Waals surface area (Å²) in [5.41, 5.74) is 1.52. The van der Waals surface area contributed by atoms with Crippen LogP contribution in [0, 0.1) is 6.92 Å². The van der Waals surface area contributed by atoms with Crippen LogP contribution in [0.2, 0.25) is 0 Å². The lowest BCUT2D eigenvalue weighted by Gasteiger charge is -2.36. The van der Waals surface area contributed by atoms with E-state index in [2.05, 4.69) is 0 Å². The van der Waals surface area contributed by atoms with Gasteiger partial charge in [-0.05, 0) is 24.6 Å². The molecule has 1 aromatic carbocycles. The van der Waals surface area contributed by atoms with E-state index in [4.69, 9.17) is 4.74 Å². The maximum Gasteiger partial charge on any atom is 0.282 e. The first-order chi connectivity index (χ1) is 11.8. The van der Waals surface area contributed by atoms with Crippen LogP contribution in [-0.4, -0.2) is 74.2 Å². The van der Waals surface area contributed by atoms with Crippen LogP contribution in [0.4, 0.5) is 0 Å². The molecule has 1 amide bonds. The number of aryl methyl sites for hydroxylation is 1. The largest absolute Gasteiger partial charge is 0.496 e. The molecule has 1 fully saturated rings. The molecule has 2 rings (SSSR count). The molecule has 0 bridgehead atoms. The monoisotopic (exact) mass is 369 g/mol. The minimum absolute atomic E-state index is 0.0989. The molecule has 7 nitrogen and oxygen atoms in total. The maximum atomic E-state index is 12.7. The van der Waals surface area contributed by atoms with Crippen LogP contribution >= 0.6 is 0 Å². The quantitative estimate of drug-likeness (QED) is 0.759. The fourth-order valence-electron chi connectivity index (χ4n) is 2.97. The van der Waals surface area contributed by atoms with Crippen molar-refractivity contribution >= 4 is 16.1 Å². The second-order valence-electron chi connectivity index (χ2n) is 5.97. The first-order valence-corrected chi connectivity index (χ1v) is 9.94. The van der Waals surface area contributed by atoms with E-state index in [0.717, 1.165) is 5.56 Å². The summed E-state index contributed by atoms with van der Waals surface area (Å²) in [6.45, 7) is 7.86. The van der Waals surface area contributed by atoms with Crippen molar-refractivity contribution < 1.29 is 17.9 Å². The van der Waals surface area contributed by atoms with E-state index in [1.807, 2.05) is 26.8 Å². The molecule has 1 aliphatic heterocycles. The highest BCUT2D eigenvalue weighted by molar-refractivity contribution is 7.86. The number of hydrogen-bond acceptors (Lipinski definition) is 4. The minimum Gasteiger partial charge on any atom is -0.496 e. The molecule has 0 N–H and O–H groups in total. The highest BCUT2D eigenvalue weighted by Gasteiger charge is 2.32. The Bertz CT molecular complexity index is 709. The smallest absolute Gasteiger partial charge is 0.282 e. The molecule has 0 radical (unpaired) electrons. The lowest BCUT2D eigenvalue weighted by atomic mass is 10.1. The predicted octanol–water partition coefficient (Wildman–Crippen LogP) is 1.35. The predicted molar refractivity (Wildman–Crippen MR) is 97.0 cm³/mol. The number of benzene rings is 1. The van der Waals surface area contributed by atoms with Crippen molar-refractivity contribution in [3.8, 4) is 5.75 Å². The summed E-state index contributed by atoms with van der Waals surface area (Å²) < 4.78 is 33.3. The van der Waals surface area contributed by atoms with E-state index in [9.17, 15) is 13.2 Å². The summed E-state index contributed by atoms with van der Waals surface area (Å²) in [6, 6.07) is 5.36. The zero-order valence-corrected chi connectivity index (χ0v) is 16.2. The third-order valence-corrected chi connectivity index (χ3v) is 6.73. The standard InChI is InChI=1S/C17H27N3O4S/c1-5-19(6-2)25(22,23)20-11-9-18(10-12-20)17(21)15-8-7-14(3)16(13-15)24-4/h7-8,13H,5-6,9-12H2,1-4H3. The summed E-state index contributed by atoms with van der Waals surface area (Å²) in [4.78, 5) is 14.4. The van der Waals surface area contributed by atoms with Crippen LogP contribution in [-0.2, 0) is 10.2 Å². The number of nitrogens with zero attached hydrogens (tertiary/aromatic N) is 3. The highest BCUT2D eigenvalue weighted by atomic mass is 32.2. The molecule has 1 saturated heterocycles. The van der Waals surface area contributed by atoms with Gasteiger partial charge in [0, 0.05) is 44.8 Å². The van der Waals surface area contributed by atoms with Crippen molar-refractivity contribution in [2.24, 2.45) is 0 Å². The molecule has 0 unspecified atom stereocenters. The number of ether oxygens (including phenoxy) is 1. The van der Waals surface area contributed by atoms with E-state index >= 15 is 0 Å². The Morgan fingerprint density at radius 3 is 2.28 bits per heavy atom. The first-order valence-electron chi connectivity index (χ1n) is 8.54. The topological polar surface area (TPSA) is 70.2 Å². The third-order valence-electron chi connectivity index (χ3n) is 4.54. The molecular weight excluding hydrogens is 342 g/mol. The maximum absolute atomic E-state index is 12.7. The van der Waals surface area contributed by atoms with Gasteiger partial charge in [-0.1, -0.05) is 19.9 Å². The van der Waals surface area contributed by atoms with Crippen molar-refractivity contribution in [3.05, 3.63) is 29.3 Å². The zero-order chi connectivity index (χ0) is 18.6.